The molecule has 0 saturated carbocycles. The maximum absolute atomic E-state index is 13.6. The number of esters is 1. The molecule has 0 saturated heterocycles. The molecule has 1 amide bonds. The lowest BCUT2D eigenvalue weighted by atomic mass is 10.1. The van der Waals surface area contributed by atoms with Crippen molar-refractivity contribution in [2.75, 3.05) is 31.6 Å². The number of anilines is 1. The summed E-state index contributed by atoms with van der Waals surface area (Å²) >= 11 is 0. The van der Waals surface area contributed by atoms with E-state index in [0.717, 1.165) is 11.1 Å². The Balaban J connectivity index is 1.57. The molecular formula is C25H28F3N5O3. The molecule has 8 nitrogen and oxygen atoms in total. The summed E-state index contributed by atoms with van der Waals surface area (Å²) in [5, 5.41) is 7.95. The number of benzene rings is 2. The average molecular weight is 504 g/mol. The number of fused-ring (bicyclic) bond motifs is 2. The highest BCUT2D eigenvalue weighted by atomic mass is 19.3. The van der Waals surface area contributed by atoms with Crippen molar-refractivity contribution in [2.45, 2.75) is 39.9 Å². The smallest absolute Gasteiger partial charge is 0.325 e. The Morgan fingerprint density at radius 1 is 1.14 bits per heavy atom. The molecule has 36 heavy (non-hydrogen) atoms. The molecule has 0 bridgehead atoms. The molecule has 0 N–H and O–H groups in total. The molecule has 0 aliphatic carbocycles. The normalized spacial score (nSPS) is 13.3. The number of alkyl halides is 2. The third-order valence-electron chi connectivity index (χ3n) is 6.22. The van der Waals surface area contributed by atoms with Crippen LogP contribution in [0.15, 0.2) is 36.5 Å². The lowest BCUT2D eigenvalue weighted by Crippen LogP contribution is -2.47. The number of likely N-dealkylation sites (N-methyl/N-ethyl adjacent to an activating group) is 1. The Bertz CT molecular complexity index is 1280. The van der Waals surface area contributed by atoms with Gasteiger partial charge < -0.3 is 9.64 Å². The maximum Gasteiger partial charge on any atom is 0.325 e. The zero-order chi connectivity index (χ0) is 26.0. The van der Waals surface area contributed by atoms with Gasteiger partial charge in [-0.25, -0.2) is 18.2 Å². The second kappa shape index (κ2) is 10.6. The fourth-order valence-electron chi connectivity index (χ4n) is 4.40. The molecule has 0 radical (unpaired) electrons. The molecule has 1 aliphatic rings. The standard InChI is InChI=1S/C25H28F3N5O3/c1-4-36-25(35)15-31(21-9-18-10-29-33(13-23(27)28)22(18)7-16(21)2)14-24(34)30(3)32-11-17-5-6-20(26)8-19(17)12-32/h5-10,23H,4,11-15H2,1-3H3. The van der Waals surface area contributed by atoms with Gasteiger partial charge in [-0.2, -0.15) is 5.10 Å². The predicted molar refractivity (Wildman–Crippen MR) is 128 cm³/mol. The Morgan fingerprint density at radius 2 is 1.89 bits per heavy atom. The minimum Gasteiger partial charge on any atom is -0.465 e. The van der Waals surface area contributed by atoms with Crippen molar-refractivity contribution in [3.8, 4) is 0 Å². The van der Waals surface area contributed by atoms with Crippen LogP contribution < -0.4 is 4.90 Å². The van der Waals surface area contributed by atoms with E-state index in [-0.39, 0.29) is 31.4 Å². The molecule has 0 fully saturated rings. The Hall–Kier alpha value is -3.60. The molecule has 4 rings (SSSR count). The summed E-state index contributed by atoms with van der Waals surface area (Å²) in [6, 6.07) is 8.03. The number of carbonyl (C=O) groups excluding carboxylic acids is 2. The van der Waals surface area contributed by atoms with Gasteiger partial charge in [0.25, 0.3) is 12.3 Å². The van der Waals surface area contributed by atoms with Crippen LogP contribution in [0.4, 0.5) is 18.9 Å². The van der Waals surface area contributed by atoms with Crippen LogP contribution in [0, 0.1) is 12.7 Å². The van der Waals surface area contributed by atoms with E-state index < -0.39 is 18.9 Å². The first kappa shape index (κ1) is 25.5. The molecular weight excluding hydrogens is 475 g/mol. The number of hydrogen-bond donors (Lipinski definition) is 0. The van der Waals surface area contributed by atoms with Crippen molar-refractivity contribution in [3.05, 3.63) is 59.0 Å². The van der Waals surface area contributed by atoms with Gasteiger partial charge in [0.15, 0.2) is 0 Å². The van der Waals surface area contributed by atoms with Crippen molar-refractivity contribution in [1.29, 1.82) is 0 Å². The SMILES string of the molecule is CCOC(=O)CN(CC(=O)N(C)N1Cc2ccc(F)cc2C1)c1cc2cnn(CC(F)F)c2cc1C. The maximum atomic E-state index is 13.6. The monoisotopic (exact) mass is 503 g/mol. The summed E-state index contributed by atoms with van der Waals surface area (Å²) in [4.78, 5) is 27.3. The zero-order valence-corrected chi connectivity index (χ0v) is 20.4. The first-order chi connectivity index (χ1) is 17.2. The Morgan fingerprint density at radius 3 is 2.61 bits per heavy atom. The van der Waals surface area contributed by atoms with Crippen molar-refractivity contribution in [3.63, 3.8) is 0 Å². The number of amides is 1. The summed E-state index contributed by atoms with van der Waals surface area (Å²) in [6.07, 6.45) is -1.06. The zero-order valence-electron chi connectivity index (χ0n) is 20.4. The van der Waals surface area contributed by atoms with Crippen LogP contribution in [0.2, 0.25) is 0 Å². The van der Waals surface area contributed by atoms with Gasteiger partial charge in [0.05, 0.1) is 24.9 Å². The number of ether oxygens (including phenoxy) is 1. The second-order valence-corrected chi connectivity index (χ2v) is 8.73. The minimum atomic E-state index is -2.55. The quantitative estimate of drug-likeness (QED) is 0.417. The molecule has 0 spiro atoms. The molecule has 2 aromatic carbocycles. The number of halogens is 3. The largest absolute Gasteiger partial charge is 0.465 e. The fourth-order valence-corrected chi connectivity index (χ4v) is 4.40. The number of rotatable bonds is 9. The third-order valence-corrected chi connectivity index (χ3v) is 6.22. The fraction of sp³-hybridized carbons (Fsp3) is 0.400. The lowest BCUT2D eigenvalue weighted by Gasteiger charge is -2.31. The highest BCUT2D eigenvalue weighted by molar-refractivity contribution is 5.89. The predicted octanol–water partition coefficient (Wildman–Crippen LogP) is 3.51. The van der Waals surface area contributed by atoms with Gasteiger partial charge in [0.1, 0.15) is 18.9 Å². The molecule has 2 heterocycles. The van der Waals surface area contributed by atoms with Crippen molar-refractivity contribution in [2.24, 2.45) is 0 Å². The van der Waals surface area contributed by atoms with E-state index in [4.69, 9.17) is 4.74 Å². The van der Waals surface area contributed by atoms with Crippen molar-refractivity contribution < 1.29 is 27.5 Å². The summed E-state index contributed by atoms with van der Waals surface area (Å²) in [5.74, 6) is -1.10. The van der Waals surface area contributed by atoms with Crippen molar-refractivity contribution in [1.82, 2.24) is 19.8 Å². The third kappa shape index (κ3) is 5.46. The van der Waals surface area contributed by atoms with Crippen LogP contribution in [0.3, 0.4) is 0 Å². The Kier molecular flexibility index (Phi) is 7.48. The van der Waals surface area contributed by atoms with Gasteiger partial charge in [-0.15, -0.1) is 0 Å². The topological polar surface area (TPSA) is 70.9 Å². The van der Waals surface area contributed by atoms with Crippen LogP contribution in [0.5, 0.6) is 0 Å². The number of nitrogens with zero attached hydrogens (tertiary/aromatic N) is 5. The molecule has 1 aromatic heterocycles. The number of hydrazine groups is 1. The van der Waals surface area contributed by atoms with Gasteiger partial charge in [-0.1, -0.05) is 6.07 Å². The van der Waals surface area contributed by atoms with Crippen molar-refractivity contribution >= 4 is 28.5 Å². The highest BCUT2D eigenvalue weighted by Gasteiger charge is 2.28. The molecule has 3 aromatic rings. The van der Waals surface area contributed by atoms with E-state index in [2.05, 4.69) is 5.10 Å². The van der Waals surface area contributed by atoms with Gasteiger partial charge in [-0.05, 0) is 54.8 Å². The van der Waals surface area contributed by atoms with Gasteiger partial charge >= 0.3 is 5.97 Å². The summed E-state index contributed by atoms with van der Waals surface area (Å²) in [7, 11) is 1.64. The second-order valence-electron chi connectivity index (χ2n) is 8.73. The van der Waals surface area contributed by atoms with E-state index in [0.29, 0.717) is 35.2 Å². The van der Waals surface area contributed by atoms with E-state index in [1.165, 1.54) is 28.0 Å². The van der Waals surface area contributed by atoms with Crippen LogP contribution in [0.1, 0.15) is 23.6 Å². The van der Waals surface area contributed by atoms with E-state index in [1.54, 1.807) is 49.0 Å². The highest BCUT2D eigenvalue weighted by Crippen LogP contribution is 2.28. The molecule has 0 atom stereocenters. The first-order valence-corrected chi connectivity index (χ1v) is 11.6. The van der Waals surface area contributed by atoms with Crippen LogP contribution >= 0.6 is 0 Å². The number of carbonyl (C=O) groups is 2. The van der Waals surface area contributed by atoms with Crippen LogP contribution in [-0.4, -0.2) is 64.8 Å². The number of aromatic nitrogens is 2. The van der Waals surface area contributed by atoms with E-state index in [9.17, 15) is 22.8 Å². The summed E-state index contributed by atoms with van der Waals surface area (Å²) in [5.41, 5.74) is 3.60. The average Bonchev–Trinajstić information content (AvgIpc) is 3.40. The number of hydrogen-bond acceptors (Lipinski definition) is 6. The Labute approximate surface area is 206 Å². The summed E-state index contributed by atoms with van der Waals surface area (Å²) < 4.78 is 45.8. The first-order valence-electron chi connectivity index (χ1n) is 11.6. The minimum absolute atomic E-state index is 0.131. The van der Waals surface area contributed by atoms with Crippen LogP contribution in [0.25, 0.3) is 10.9 Å². The van der Waals surface area contributed by atoms with Gasteiger partial charge in [-0.3, -0.25) is 19.3 Å². The molecule has 192 valence electrons. The number of aryl methyl sites for hydroxylation is 1. The lowest BCUT2D eigenvalue weighted by molar-refractivity contribution is -0.145. The van der Waals surface area contributed by atoms with E-state index >= 15 is 0 Å². The van der Waals surface area contributed by atoms with Crippen LogP contribution in [-0.2, 0) is 34.0 Å². The van der Waals surface area contributed by atoms with Gasteiger partial charge in [0.2, 0.25) is 0 Å². The molecule has 0 unspecified atom stereocenters. The molecule has 11 heteroatoms. The van der Waals surface area contributed by atoms with E-state index in [1.807, 2.05) is 0 Å². The van der Waals surface area contributed by atoms with Gasteiger partial charge in [0, 0.05) is 31.2 Å². The summed E-state index contributed by atoms with van der Waals surface area (Å²) in [6.45, 7) is 3.70. The molecule has 1 aliphatic heterocycles.